The van der Waals surface area contributed by atoms with Crippen LogP contribution in [-0.4, -0.2) is 35.6 Å². The molecule has 2 N–H and O–H groups in total. The molecule has 1 aromatic heterocycles. The summed E-state index contributed by atoms with van der Waals surface area (Å²) in [5.41, 5.74) is 2.99. The summed E-state index contributed by atoms with van der Waals surface area (Å²) in [6, 6.07) is 8.77. The molecule has 3 rings (SSSR count). The number of nitrogens with one attached hydrogen (secondary N) is 2. The lowest BCUT2D eigenvalue weighted by atomic mass is 10.0. The first-order valence-electron chi connectivity index (χ1n) is 8.28. The number of guanidine groups is 1. The highest BCUT2D eigenvalue weighted by atomic mass is 127. The number of hydrogen-bond acceptors (Lipinski definition) is 2. The molecule has 0 spiro atoms. The standard InChI is InChI=1S/C18H25N5.HI/c1-14-20-9-11-23(14)12-10-21-18(19-2)22-13-16-8-7-15-5-3-4-6-17(15)16;/h3-6,9,11,16H,7-8,10,12-13H2,1-2H3,(H2,19,21,22);1H. The van der Waals surface area contributed by atoms with Crippen molar-refractivity contribution in [2.45, 2.75) is 32.2 Å². The first kappa shape index (κ1) is 18.8. The highest BCUT2D eigenvalue weighted by Crippen LogP contribution is 2.31. The number of fused-ring (bicyclic) bond motifs is 1. The minimum atomic E-state index is 0. The van der Waals surface area contributed by atoms with Crippen LogP contribution >= 0.6 is 24.0 Å². The fraction of sp³-hybridized carbons (Fsp3) is 0.444. The van der Waals surface area contributed by atoms with E-state index in [1.807, 2.05) is 26.4 Å². The molecule has 0 saturated carbocycles. The number of aryl methyl sites for hydroxylation is 2. The summed E-state index contributed by atoms with van der Waals surface area (Å²) in [6.45, 7) is 4.67. The number of halogens is 1. The highest BCUT2D eigenvalue weighted by molar-refractivity contribution is 14.0. The van der Waals surface area contributed by atoms with Crippen LogP contribution < -0.4 is 10.6 Å². The van der Waals surface area contributed by atoms with Crippen LogP contribution in [0.2, 0.25) is 0 Å². The minimum Gasteiger partial charge on any atom is -0.356 e. The summed E-state index contributed by atoms with van der Waals surface area (Å²) in [4.78, 5) is 8.55. The van der Waals surface area contributed by atoms with E-state index >= 15 is 0 Å². The van der Waals surface area contributed by atoms with E-state index in [-0.39, 0.29) is 24.0 Å². The van der Waals surface area contributed by atoms with Crippen molar-refractivity contribution in [3.8, 4) is 0 Å². The Morgan fingerprint density at radius 1 is 1.33 bits per heavy atom. The Bertz CT molecular complexity index is 680. The van der Waals surface area contributed by atoms with Gasteiger partial charge in [-0.25, -0.2) is 4.98 Å². The molecule has 0 fully saturated rings. The van der Waals surface area contributed by atoms with Gasteiger partial charge < -0.3 is 15.2 Å². The van der Waals surface area contributed by atoms with Crippen molar-refractivity contribution in [3.05, 3.63) is 53.6 Å². The Hall–Kier alpha value is -1.57. The van der Waals surface area contributed by atoms with Crippen molar-refractivity contribution in [2.75, 3.05) is 20.1 Å². The second kappa shape index (κ2) is 9.05. The number of nitrogens with zero attached hydrogens (tertiary/aromatic N) is 3. The average molecular weight is 439 g/mol. The van der Waals surface area contributed by atoms with Crippen molar-refractivity contribution < 1.29 is 0 Å². The summed E-state index contributed by atoms with van der Waals surface area (Å²) in [5.74, 6) is 2.49. The van der Waals surface area contributed by atoms with Gasteiger partial charge in [-0.05, 0) is 30.9 Å². The van der Waals surface area contributed by atoms with Crippen LogP contribution in [0.3, 0.4) is 0 Å². The van der Waals surface area contributed by atoms with E-state index in [0.717, 1.165) is 31.4 Å². The zero-order valence-corrected chi connectivity index (χ0v) is 16.7. The monoisotopic (exact) mass is 439 g/mol. The van der Waals surface area contributed by atoms with E-state index in [1.54, 1.807) is 0 Å². The van der Waals surface area contributed by atoms with Gasteiger partial charge >= 0.3 is 0 Å². The molecule has 2 aromatic rings. The molecular formula is C18H26IN5. The average Bonchev–Trinajstić information content (AvgIpc) is 3.17. The summed E-state index contributed by atoms with van der Waals surface area (Å²) in [7, 11) is 1.82. The Morgan fingerprint density at radius 3 is 2.92 bits per heavy atom. The molecule has 0 amide bonds. The largest absolute Gasteiger partial charge is 0.356 e. The lowest BCUT2D eigenvalue weighted by molar-refractivity contribution is 0.621. The van der Waals surface area contributed by atoms with Gasteiger partial charge in [0.2, 0.25) is 0 Å². The van der Waals surface area contributed by atoms with Gasteiger partial charge in [0.05, 0.1) is 0 Å². The minimum absolute atomic E-state index is 0. The zero-order valence-electron chi connectivity index (χ0n) is 14.3. The number of rotatable bonds is 5. The third kappa shape index (κ3) is 4.49. The van der Waals surface area contributed by atoms with Gasteiger partial charge in [0.1, 0.15) is 5.82 Å². The van der Waals surface area contributed by atoms with E-state index in [1.165, 1.54) is 24.0 Å². The molecule has 130 valence electrons. The first-order valence-corrected chi connectivity index (χ1v) is 8.28. The predicted molar refractivity (Wildman–Crippen MR) is 109 cm³/mol. The van der Waals surface area contributed by atoms with Crippen LogP contribution in [0.1, 0.15) is 29.3 Å². The van der Waals surface area contributed by atoms with E-state index in [4.69, 9.17) is 0 Å². The molecule has 0 aliphatic heterocycles. The van der Waals surface area contributed by atoms with Gasteiger partial charge in [0.15, 0.2) is 5.96 Å². The van der Waals surface area contributed by atoms with Gasteiger partial charge in [-0.3, -0.25) is 4.99 Å². The Labute approximate surface area is 161 Å². The molecule has 1 aromatic carbocycles. The first-order chi connectivity index (χ1) is 11.3. The quantitative estimate of drug-likeness (QED) is 0.428. The van der Waals surface area contributed by atoms with Gasteiger partial charge in [-0.15, -0.1) is 24.0 Å². The Balaban J connectivity index is 0.00000208. The van der Waals surface area contributed by atoms with Gasteiger partial charge in [0.25, 0.3) is 0 Å². The maximum absolute atomic E-state index is 4.32. The van der Waals surface area contributed by atoms with E-state index < -0.39 is 0 Å². The lowest BCUT2D eigenvalue weighted by Gasteiger charge is -2.16. The SMILES string of the molecule is CN=C(NCCn1ccnc1C)NCC1CCc2ccccc21.I. The lowest BCUT2D eigenvalue weighted by Crippen LogP contribution is -2.40. The summed E-state index contributed by atoms with van der Waals surface area (Å²) in [6.07, 6.45) is 6.24. The molecule has 1 aliphatic rings. The van der Waals surface area contributed by atoms with Gasteiger partial charge in [-0.2, -0.15) is 0 Å². The number of hydrogen-bond donors (Lipinski definition) is 2. The third-order valence-electron chi connectivity index (χ3n) is 4.57. The molecule has 1 heterocycles. The van der Waals surface area contributed by atoms with Crippen molar-refractivity contribution >= 4 is 29.9 Å². The maximum Gasteiger partial charge on any atom is 0.191 e. The second-order valence-corrected chi connectivity index (χ2v) is 5.98. The Kier molecular flexibility index (Phi) is 7.08. The van der Waals surface area contributed by atoms with E-state index in [9.17, 15) is 0 Å². The molecular weight excluding hydrogens is 413 g/mol. The molecule has 6 heteroatoms. The summed E-state index contributed by atoms with van der Waals surface area (Å²) in [5, 5.41) is 6.83. The number of benzene rings is 1. The highest BCUT2D eigenvalue weighted by Gasteiger charge is 2.21. The van der Waals surface area contributed by atoms with Crippen molar-refractivity contribution in [2.24, 2.45) is 4.99 Å². The molecule has 0 radical (unpaired) electrons. The molecule has 0 bridgehead atoms. The van der Waals surface area contributed by atoms with Crippen LogP contribution in [0.15, 0.2) is 41.7 Å². The normalized spacial score (nSPS) is 16.4. The number of aliphatic imine (C=N–C) groups is 1. The smallest absolute Gasteiger partial charge is 0.191 e. The van der Waals surface area contributed by atoms with Crippen LogP contribution in [0.4, 0.5) is 0 Å². The fourth-order valence-corrected chi connectivity index (χ4v) is 3.23. The molecule has 1 aliphatic carbocycles. The number of imidazole rings is 1. The molecule has 5 nitrogen and oxygen atoms in total. The number of aromatic nitrogens is 2. The van der Waals surface area contributed by atoms with Crippen molar-refractivity contribution in [1.29, 1.82) is 0 Å². The van der Waals surface area contributed by atoms with Crippen molar-refractivity contribution in [3.63, 3.8) is 0 Å². The van der Waals surface area contributed by atoms with E-state index in [0.29, 0.717) is 5.92 Å². The molecule has 1 atom stereocenters. The van der Waals surface area contributed by atoms with Gasteiger partial charge in [0, 0.05) is 45.0 Å². The maximum atomic E-state index is 4.32. The summed E-state index contributed by atoms with van der Waals surface area (Å²) >= 11 is 0. The zero-order chi connectivity index (χ0) is 16.1. The molecule has 0 saturated heterocycles. The van der Waals surface area contributed by atoms with E-state index in [2.05, 4.69) is 49.4 Å². The topological polar surface area (TPSA) is 54.2 Å². The van der Waals surface area contributed by atoms with Crippen molar-refractivity contribution in [1.82, 2.24) is 20.2 Å². The van der Waals surface area contributed by atoms with Crippen LogP contribution in [-0.2, 0) is 13.0 Å². The predicted octanol–water partition coefficient (Wildman–Crippen LogP) is 2.70. The Morgan fingerprint density at radius 2 is 2.17 bits per heavy atom. The van der Waals surface area contributed by atoms with Gasteiger partial charge in [-0.1, -0.05) is 24.3 Å². The van der Waals surface area contributed by atoms with Crippen LogP contribution in [0.25, 0.3) is 0 Å². The second-order valence-electron chi connectivity index (χ2n) is 5.98. The summed E-state index contributed by atoms with van der Waals surface area (Å²) < 4.78 is 2.13. The third-order valence-corrected chi connectivity index (χ3v) is 4.57. The molecule has 24 heavy (non-hydrogen) atoms. The van der Waals surface area contributed by atoms with Crippen LogP contribution in [0, 0.1) is 6.92 Å². The van der Waals surface area contributed by atoms with Crippen LogP contribution in [0.5, 0.6) is 0 Å². The molecule has 1 unspecified atom stereocenters. The fourth-order valence-electron chi connectivity index (χ4n) is 3.23.